The number of hydrogen-bond acceptors (Lipinski definition) is 8. The van der Waals surface area contributed by atoms with E-state index in [1.54, 1.807) is 33.7 Å². The van der Waals surface area contributed by atoms with Gasteiger partial charge in [0, 0.05) is 79.8 Å². The first-order valence-electron chi connectivity index (χ1n) is 10.8. The molecule has 1 aromatic carbocycles. The Hall–Kier alpha value is -3.65. The van der Waals surface area contributed by atoms with Crippen molar-refractivity contribution in [2.45, 2.75) is 19.9 Å². The predicted molar refractivity (Wildman–Crippen MR) is 136 cm³/mol. The van der Waals surface area contributed by atoms with Crippen molar-refractivity contribution < 1.29 is 9.47 Å². The predicted octanol–water partition coefficient (Wildman–Crippen LogP) is 3.78. The number of ether oxygens (including phenoxy) is 2. The molecule has 0 aliphatic carbocycles. The summed E-state index contributed by atoms with van der Waals surface area (Å²) < 4.78 is 11.0. The molecular formula is C25H32N6O2. The van der Waals surface area contributed by atoms with Crippen molar-refractivity contribution in [2.24, 2.45) is 10.7 Å². The summed E-state index contributed by atoms with van der Waals surface area (Å²) in [7, 11) is 5.00. The summed E-state index contributed by atoms with van der Waals surface area (Å²) in [6.45, 7) is 5.74. The number of benzene rings is 1. The van der Waals surface area contributed by atoms with Crippen molar-refractivity contribution >= 4 is 34.3 Å². The van der Waals surface area contributed by atoms with Gasteiger partial charge < -0.3 is 25.4 Å². The van der Waals surface area contributed by atoms with Crippen molar-refractivity contribution in [2.75, 3.05) is 39.3 Å². The Kier molecular flexibility index (Phi) is 8.21. The van der Waals surface area contributed by atoms with E-state index in [0.717, 1.165) is 40.2 Å². The van der Waals surface area contributed by atoms with Crippen molar-refractivity contribution in [3.05, 3.63) is 54.4 Å². The van der Waals surface area contributed by atoms with E-state index in [9.17, 15) is 0 Å². The number of pyridine rings is 2. The van der Waals surface area contributed by atoms with Gasteiger partial charge in [-0.15, -0.1) is 0 Å². The van der Waals surface area contributed by atoms with Gasteiger partial charge in [0.15, 0.2) is 0 Å². The number of methoxy groups -OCH3 is 2. The van der Waals surface area contributed by atoms with E-state index in [1.807, 2.05) is 36.4 Å². The number of aromatic nitrogens is 2. The molecule has 2 heterocycles. The third kappa shape index (κ3) is 5.98. The molecule has 174 valence electrons. The van der Waals surface area contributed by atoms with E-state index < -0.39 is 0 Å². The molecule has 3 aromatic rings. The van der Waals surface area contributed by atoms with Gasteiger partial charge in [0.25, 0.3) is 0 Å². The van der Waals surface area contributed by atoms with Crippen LogP contribution in [0.3, 0.4) is 0 Å². The number of nitrogens with two attached hydrogens (primary N) is 1. The first-order chi connectivity index (χ1) is 16.0. The molecule has 3 N–H and O–H groups in total. The van der Waals surface area contributed by atoms with Crippen LogP contribution in [0, 0.1) is 0 Å². The second-order valence-electron chi connectivity index (χ2n) is 7.77. The van der Waals surface area contributed by atoms with Gasteiger partial charge in [-0.25, -0.2) is 4.98 Å². The highest BCUT2D eigenvalue weighted by Gasteiger charge is 2.15. The summed E-state index contributed by atoms with van der Waals surface area (Å²) in [5.74, 6) is 2.23. The van der Waals surface area contributed by atoms with Crippen LogP contribution in [0.1, 0.15) is 19.4 Å². The molecule has 0 atom stereocenters. The number of aliphatic imine (C=N–C) groups is 1. The Labute approximate surface area is 195 Å². The van der Waals surface area contributed by atoms with Crippen molar-refractivity contribution in [3.8, 4) is 11.5 Å². The summed E-state index contributed by atoms with van der Waals surface area (Å²) in [5, 5.41) is 3.48. The number of anilines is 2. The lowest BCUT2D eigenvalue weighted by Crippen LogP contribution is -2.33. The normalized spacial score (nSPS) is 12.0. The Morgan fingerprint density at radius 1 is 1.12 bits per heavy atom. The van der Waals surface area contributed by atoms with E-state index in [2.05, 4.69) is 34.0 Å². The van der Waals surface area contributed by atoms with Crippen LogP contribution in [-0.4, -0.2) is 56.6 Å². The second kappa shape index (κ2) is 11.3. The topological polar surface area (TPSA) is 97.9 Å². The molecule has 0 fully saturated rings. The van der Waals surface area contributed by atoms with E-state index in [4.69, 9.17) is 20.2 Å². The minimum Gasteiger partial charge on any atom is -0.497 e. The Morgan fingerprint density at radius 2 is 1.85 bits per heavy atom. The van der Waals surface area contributed by atoms with Crippen LogP contribution in [0.25, 0.3) is 16.6 Å². The summed E-state index contributed by atoms with van der Waals surface area (Å²) in [6, 6.07) is 12.1. The summed E-state index contributed by atoms with van der Waals surface area (Å²) in [6.07, 6.45) is 5.01. The molecule has 0 saturated heterocycles. The smallest absolute Gasteiger partial charge is 0.133 e. The monoisotopic (exact) mass is 448 g/mol. The molecular weight excluding hydrogens is 416 g/mol. The molecule has 8 nitrogen and oxygen atoms in total. The van der Waals surface area contributed by atoms with Crippen molar-refractivity contribution in [1.29, 1.82) is 0 Å². The number of nitrogens with one attached hydrogen (secondary N) is 1. The quantitative estimate of drug-likeness (QED) is 0.456. The first kappa shape index (κ1) is 24.0. The second-order valence-corrected chi connectivity index (χ2v) is 7.77. The van der Waals surface area contributed by atoms with Gasteiger partial charge in [-0.05, 0) is 18.2 Å². The average molecular weight is 449 g/mol. The van der Waals surface area contributed by atoms with Gasteiger partial charge in [-0.3, -0.25) is 9.98 Å². The standard InChI is InChI=1S/C25H32N6O2/c1-17(2)28-8-9-31(20-11-21(32-4)13-22(12-20)33-5)25-7-6-23-24(30-25)10-18(16-29-23)19(14-26)15-27-3/h6-7,10-17,28H,8-9,26H2,1-5H3. The highest BCUT2D eigenvalue weighted by molar-refractivity contribution is 6.10. The minimum absolute atomic E-state index is 0.379. The number of hydrogen-bond donors (Lipinski definition) is 2. The number of nitrogens with zero attached hydrogens (tertiary/aromatic N) is 4. The zero-order chi connectivity index (χ0) is 23.8. The van der Waals surface area contributed by atoms with Crippen molar-refractivity contribution in [1.82, 2.24) is 15.3 Å². The highest BCUT2D eigenvalue weighted by atomic mass is 16.5. The maximum absolute atomic E-state index is 5.78. The Bertz CT molecular complexity index is 1120. The number of rotatable bonds is 10. The maximum atomic E-state index is 5.78. The minimum atomic E-state index is 0.379. The van der Waals surface area contributed by atoms with Gasteiger partial charge in [0.1, 0.15) is 17.3 Å². The van der Waals surface area contributed by atoms with E-state index in [0.29, 0.717) is 24.1 Å². The molecule has 0 unspecified atom stereocenters. The fourth-order valence-corrected chi connectivity index (χ4v) is 3.45. The molecule has 0 amide bonds. The molecule has 0 bridgehead atoms. The van der Waals surface area contributed by atoms with Gasteiger partial charge in [-0.2, -0.15) is 0 Å². The van der Waals surface area contributed by atoms with E-state index in [1.165, 1.54) is 6.20 Å². The first-order valence-corrected chi connectivity index (χ1v) is 10.8. The van der Waals surface area contributed by atoms with E-state index in [-0.39, 0.29) is 0 Å². The Balaban J connectivity index is 2.08. The van der Waals surface area contributed by atoms with Crippen LogP contribution in [0.2, 0.25) is 0 Å². The van der Waals surface area contributed by atoms with Crippen LogP contribution in [0.15, 0.2) is 53.8 Å². The molecule has 33 heavy (non-hydrogen) atoms. The van der Waals surface area contributed by atoms with E-state index >= 15 is 0 Å². The molecule has 2 aromatic heterocycles. The highest BCUT2D eigenvalue weighted by Crippen LogP contribution is 2.32. The van der Waals surface area contributed by atoms with Gasteiger partial charge in [0.2, 0.25) is 0 Å². The zero-order valence-corrected chi connectivity index (χ0v) is 19.9. The van der Waals surface area contributed by atoms with Gasteiger partial charge in [0.05, 0.1) is 25.3 Å². The lowest BCUT2D eigenvalue weighted by Gasteiger charge is -2.26. The fraction of sp³-hybridized carbons (Fsp3) is 0.320. The SMILES string of the molecule is CN=CC(=CN)c1cnc2ccc(N(CCNC(C)C)c3cc(OC)cc(OC)c3)nc2c1. The third-order valence-electron chi connectivity index (χ3n) is 5.12. The lowest BCUT2D eigenvalue weighted by atomic mass is 10.1. The molecule has 8 heteroatoms. The van der Waals surface area contributed by atoms with Crippen LogP contribution in [-0.2, 0) is 0 Å². The largest absolute Gasteiger partial charge is 0.497 e. The molecule has 0 aliphatic heterocycles. The molecule has 0 radical (unpaired) electrons. The summed E-state index contributed by atoms with van der Waals surface area (Å²) >= 11 is 0. The third-order valence-corrected chi connectivity index (χ3v) is 5.12. The van der Waals surface area contributed by atoms with Gasteiger partial charge >= 0.3 is 0 Å². The van der Waals surface area contributed by atoms with Gasteiger partial charge in [-0.1, -0.05) is 13.8 Å². The molecule has 0 saturated carbocycles. The lowest BCUT2D eigenvalue weighted by molar-refractivity contribution is 0.394. The number of fused-ring (bicyclic) bond motifs is 1. The average Bonchev–Trinajstić information content (AvgIpc) is 2.84. The molecule has 3 rings (SSSR count). The van der Waals surface area contributed by atoms with Crippen LogP contribution < -0.4 is 25.4 Å². The molecule has 0 aliphatic rings. The van der Waals surface area contributed by atoms with Crippen LogP contribution in [0.4, 0.5) is 11.5 Å². The zero-order valence-electron chi connectivity index (χ0n) is 19.9. The number of allylic oxidation sites excluding steroid dienone is 1. The fourth-order valence-electron chi connectivity index (χ4n) is 3.45. The summed E-state index contributed by atoms with van der Waals surface area (Å²) in [4.78, 5) is 15.7. The summed E-state index contributed by atoms with van der Waals surface area (Å²) in [5.41, 5.74) is 9.92. The van der Waals surface area contributed by atoms with Crippen molar-refractivity contribution in [3.63, 3.8) is 0 Å². The molecule has 0 spiro atoms. The van der Waals surface area contributed by atoms with Crippen LogP contribution in [0.5, 0.6) is 11.5 Å². The van der Waals surface area contributed by atoms with Crippen LogP contribution >= 0.6 is 0 Å². The Morgan fingerprint density at radius 3 is 2.45 bits per heavy atom. The maximum Gasteiger partial charge on any atom is 0.133 e.